The number of amides is 1. The molecule has 0 aromatic heterocycles. The second-order valence-corrected chi connectivity index (χ2v) is 16.6. The molecule has 1 saturated heterocycles. The molecule has 9 heteroatoms. The first-order chi connectivity index (χ1) is 27.8. The highest BCUT2D eigenvalue weighted by molar-refractivity contribution is 5.76. The fourth-order valence-corrected chi connectivity index (χ4v) is 7.40. The van der Waals surface area contributed by atoms with Crippen molar-refractivity contribution in [1.29, 1.82) is 0 Å². The molecule has 6 N–H and O–H groups in total. The zero-order chi connectivity index (χ0) is 41.6. The van der Waals surface area contributed by atoms with Crippen molar-refractivity contribution in [2.24, 2.45) is 0 Å². The van der Waals surface area contributed by atoms with Crippen LogP contribution in [0, 0.1) is 0 Å². The van der Waals surface area contributed by atoms with E-state index >= 15 is 0 Å². The second kappa shape index (κ2) is 38.6. The summed E-state index contributed by atoms with van der Waals surface area (Å²) in [5.41, 5.74) is 0. The van der Waals surface area contributed by atoms with Gasteiger partial charge in [-0.3, -0.25) is 4.79 Å². The van der Waals surface area contributed by atoms with Crippen LogP contribution in [0.2, 0.25) is 0 Å². The number of unbranched alkanes of at least 4 members (excludes halogenated alkanes) is 23. The first kappa shape index (κ1) is 53.4. The predicted molar refractivity (Wildman–Crippen MR) is 235 cm³/mol. The Morgan fingerprint density at radius 2 is 1.04 bits per heavy atom. The summed E-state index contributed by atoms with van der Waals surface area (Å²) in [7, 11) is 0. The van der Waals surface area contributed by atoms with Gasteiger partial charge in [0.25, 0.3) is 0 Å². The molecule has 1 rings (SSSR count). The molecule has 7 atom stereocenters. The molecule has 1 aliphatic rings. The molecular weight excluding hydrogens is 719 g/mol. The van der Waals surface area contributed by atoms with Gasteiger partial charge in [-0.1, -0.05) is 185 Å². The van der Waals surface area contributed by atoms with Gasteiger partial charge in [-0.05, 0) is 51.4 Å². The maximum absolute atomic E-state index is 12.9. The van der Waals surface area contributed by atoms with Crippen molar-refractivity contribution >= 4 is 5.91 Å². The number of aliphatic hydroxyl groups excluding tert-OH is 5. The highest BCUT2D eigenvalue weighted by Gasteiger charge is 2.44. The van der Waals surface area contributed by atoms with Crippen LogP contribution in [-0.4, -0.2) is 87.5 Å². The van der Waals surface area contributed by atoms with E-state index in [9.17, 15) is 30.3 Å². The van der Waals surface area contributed by atoms with E-state index in [2.05, 4.69) is 55.6 Å². The largest absolute Gasteiger partial charge is 0.394 e. The number of carbonyl (C=O) groups is 1. The van der Waals surface area contributed by atoms with E-state index in [-0.39, 0.29) is 12.5 Å². The van der Waals surface area contributed by atoms with Crippen LogP contribution >= 0.6 is 0 Å². The Bertz CT molecular complexity index is 987. The molecule has 1 fully saturated rings. The zero-order valence-corrected chi connectivity index (χ0v) is 36.6. The van der Waals surface area contributed by atoms with Crippen LogP contribution in [0.5, 0.6) is 0 Å². The maximum Gasteiger partial charge on any atom is 0.220 e. The number of aliphatic hydroxyl groups is 5. The minimum atomic E-state index is -1.55. The number of carbonyl (C=O) groups excluding carboxylic acids is 1. The zero-order valence-electron chi connectivity index (χ0n) is 36.6. The van der Waals surface area contributed by atoms with Crippen LogP contribution in [0.4, 0.5) is 0 Å². The van der Waals surface area contributed by atoms with Gasteiger partial charge in [0, 0.05) is 6.42 Å². The molecule has 0 radical (unpaired) electrons. The van der Waals surface area contributed by atoms with Crippen molar-refractivity contribution in [2.75, 3.05) is 13.2 Å². The highest BCUT2D eigenvalue weighted by atomic mass is 16.7. The molecule has 0 saturated carbocycles. The lowest BCUT2D eigenvalue weighted by Crippen LogP contribution is -2.60. The normalized spacial score (nSPS) is 21.3. The molecule has 57 heavy (non-hydrogen) atoms. The van der Waals surface area contributed by atoms with Gasteiger partial charge < -0.3 is 40.3 Å². The van der Waals surface area contributed by atoms with Gasteiger partial charge in [0.2, 0.25) is 5.91 Å². The minimum Gasteiger partial charge on any atom is -0.394 e. The summed E-state index contributed by atoms with van der Waals surface area (Å²) < 4.78 is 11.2. The molecule has 0 bridgehead atoms. The van der Waals surface area contributed by atoms with E-state index in [1.165, 1.54) is 116 Å². The van der Waals surface area contributed by atoms with Gasteiger partial charge in [0.15, 0.2) is 6.29 Å². The maximum atomic E-state index is 12.9. The second-order valence-electron chi connectivity index (χ2n) is 16.6. The van der Waals surface area contributed by atoms with E-state index in [1.807, 2.05) is 0 Å². The molecule has 0 aromatic carbocycles. The van der Waals surface area contributed by atoms with Gasteiger partial charge in [0.05, 0.1) is 25.4 Å². The summed E-state index contributed by atoms with van der Waals surface area (Å²) in [6.45, 7) is 3.72. The van der Waals surface area contributed by atoms with Crippen molar-refractivity contribution in [1.82, 2.24) is 5.32 Å². The molecule has 0 aromatic rings. The first-order valence-electron chi connectivity index (χ1n) is 23.7. The van der Waals surface area contributed by atoms with Crippen molar-refractivity contribution in [3.05, 3.63) is 36.5 Å². The molecule has 9 nitrogen and oxygen atoms in total. The summed E-state index contributed by atoms with van der Waals surface area (Å²) in [6, 6.07) is -0.714. The van der Waals surface area contributed by atoms with Gasteiger partial charge in [-0.15, -0.1) is 0 Å². The third-order valence-corrected chi connectivity index (χ3v) is 11.2. The molecule has 1 amide bonds. The SMILES string of the molecule is CCCCCCC/C=C\C/C=C\C/C=C\CCCCCCCCCCCCCCCCC(=O)NC(COC1OC(CO)C(O)C(O)C1O)C(O)CCCCCCC. The van der Waals surface area contributed by atoms with Crippen LogP contribution in [0.15, 0.2) is 36.5 Å². The Kier molecular flexibility index (Phi) is 36.2. The molecule has 334 valence electrons. The quantitative estimate of drug-likeness (QED) is 0.0266. The summed E-state index contributed by atoms with van der Waals surface area (Å²) in [6.07, 6.45) is 40.8. The van der Waals surface area contributed by atoms with Crippen molar-refractivity contribution in [2.45, 2.75) is 249 Å². The number of ether oxygens (including phenoxy) is 2. The van der Waals surface area contributed by atoms with E-state index in [0.29, 0.717) is 12.8 Å². The molecule has 0 aliphatic carbocycles. The van der Waals surface area contributed by atoms with Gasteiger partial charge >= 0.3 is 0 Å². The van der Waals surface area contributed by atoms with E-state index in [4.69, 9.17) is 9.47 Å². The first-order valence-corrected chi connectivity index (χ1v) is 23.7. The van der Waals surface area contributed by atoms with E-state index in [1.54, 1.807) is 0 Å². The van der Waals surface area contributed by atoms with Crippen LogP contribution in [0.25, 0.3) is 0 Å². The average molecular weight is 808 g/mol. The molecule has 1 heterocycles. The predicted octanol–water partition coefficient (Wildman–Crippen LogP) is 10.1. The fraction of sp³-hybridized carbons (Fsp3) is 0.854. The van der Waals surface area contributed by atoms with Crippen LogP contribution in [-0.2, 0) is 14.3 Å². The lowest BCUT2D eigenvalue weighted by molar-refractivity contribution is -0.302. The summed E-state index contributed by atoms with van der Waals surface area (Å²) in [4.78, 5) is 12.9. The Morgan fingerprint density at radius 3 is 1.53 bits per heavy atom. The van der Waals surface area contributed by atoms with Crippen LogP contribution in [0.1, 0.15) is 206 Å². The topological polar surface area (TPSA) is 149 Å². The van der Waals surface area contributed by atoms with Crippen molar-refractivity contribution in [3.8, 4) is 0 Å². The number of nitrogens with one attached hydrogen (secondary N) is 1. The van der Waals surface area contributed by atoms with Gasteiger partial charge in [-0.25, -0.2) is 0 Å². The lowest BCUT2D eigenvalue weighted by Gasteiger charge is -2.40. The number of hydrogen-bond donors (Lipinski definition) is 6. The number of rotatable bonds is 39. The Balaban J connectivity index is 2.07. The van der Waals surface area contributed by atoms with E-state index < -0.39 is 49.5 Å². The number of allylic oxidation sites excluding steroid dienone is 6. The fourth-order valence-electron chi connectivity index (χ4n) is 7.40. The molecular formula is C48H89NO8. The van der Waals surface area contributed by atoms with Crippen LogP contribution in [0.3, 0.4) is 0 Å². The number of hydrogen-bond acceptors (Lipinski definition) is 8. The summed E-state index contributed by atoms with van der Waals surface area (Å²) in [5.74, 6) is -0.153. The lowest BCUT2D eigenvalue weighted by atomic mass is 9.99. The minimum absolute atomic E-state index is 0.140. The van der Waals surface area contributed by atoms with Crippen molar-refractivity contribution < 1.29 is 39.8 Å². The summed E-state index contributed by atoms with van der Waals surface area (Å²) in [5, 5.41) is 53.9. The monoisotopic (exact) mass is 808 g/mol. The Morgan fingerprint density at radius 1 is 0.596 bits per heavy atom. The Labute approximate surface area is 349 Å². The van der Waals surface area contributed by atoms with Gasteiger partial charge in [-0.2, -0.15) is 0 Å². The molecule has 7 unspecified atom stereocenters. The third-order valence-electron chi connectivity index (χ3n) is 11.2. The standard InChI is InChI=1S/C48H89NO8/c1-3-5-7-9-10-11-12-13-14-15-16-17-18-19-20-21-22-23-24-25-26-27-28-29-30-31-32-34-36-38-44(52)49-41(42(51)37-35-33-8-6-4-2)40-56-48-47(55)46(54)45(53)43(39-50)57-48/h12-13,15-16,18-19,41-43,45-48,50-51,53-55H,3-11,14,17,20-40H2,1-2H3,(H,49,52)/b13-12-,16-15-,19-18-. The Hall–Kier alpha value is -1.59. The van der Waals surface area contributed by atoms with Gasteiger partial charge in [0.1, 0.15) is 24.4 Å². The third kappa shape index (κ3) is 29.3. The highest BCUT2D eigenvalue weighted by Crippen LogP contribution is 2.23. The van der Waals surface area contributed by atoms with E-state index in [0.717, 1.165) is 64.2 Å². The average Bonchev–Trinajstić information content (AvgIpc) is 3.21. The summed E-state index contributed by atoms with van der Waals surface area (Å²) >= 11 is 0. The molecule has 1 aliphatic heterocycles. The van der Waals surface area contributed by atoms with Crippen molar-refractivity contribution in [3.63, 3.8) is 0 Å². The smallest absolute Gasteiger partial charge is 0.220 e. The molecule has 0 spiro atoms. The van der Waals surface area contributed by atoms with Crippen LogP contribution < -0.4 is 5.32 Å².